The molecule has 2 aromatic carbocycles. The fourth-order valence-electron chi connectivity index (χ4n) is 2.52. The number of hydrogen-bond donors (Lipinski definition) is 1. The van der Waals surface area contributed by atoms with Crippen molar-refractivity contribution in [3.8, 4) is 11.4 Å². The molecule has 1 unspecified atom stereocenters. The second-order valence-electron chi connectivity index (χ2n) is 6.62. The lowest BCUT2D eigenvalue weighted by Crippen LogP contribution is -2.30. The number of rotatable bonds is 7. The molecule has 1 N–H and O–H groups in total. The molecular weight excluding hydrogens is 429 g/mol. The first-order valence-corrected chi connectivity index (χ1v) is 9.92. The monoisotopic (exact) mass is 447 g/mol. The third-order valence-corrected chi connectivity index (χ3v) is 4.75. The minimum Gasteiger partial charge on any atom is -0.453 e. The zero-order chi connectivity index (χ0) is 21.7. The van der Waals surface area contributed by atoms with Gasteiger partial charge in [-0.1, -0.05) is 58.2 Å². The van der Waals surface area contributed by atoms with E-state index in [2.05, 4.69) is 15.5 Å². The van der Waals surface area contributed by atoms with Gasteiger partial charge in [-0.3, -0.25) is 9.59 Å². The van der Waals surface area contributed by atoms with E-state index >= 15 is 0 Å². The average molecular weight is 448 g/mol. The van der Waals surface area contributed by atoms with Gasteiger partial charge in [-0.25, -0.2) is 0 Å². The maximum Gasteiger partial charge on any atom is 0.307 e. The summed E-state index contributed by atoms with van der Waals surface area (Å²) in [7, 11) is 0. The lowest BCUT2D eigenvalue weighted by atomic mass is 10.1. The minimum atomic E-state index is -1.02. The van der Waals surface area contributed by atoms with Gasteiger partial charge in [-0.15, -0.1) is 0 Å². The van der Waals surface area contributed by atoms with Crippen molar-refractivity contribution in [3.05, 3.63) is 64.0 Å². The summed E-state index contributed by atoms with van der Waals surface area (Å²) in [6.45, 7) is 3.45. The second kappa shape index (κ2) is 9.73. The van der Waals surface area contributed by atoms with Gasteiger partial charge in [-0.2, -0.15) is 4.98 Å². The Morgan fingerprint density at radius 3 is 2.63 bits per heavy atom. The highest BCUT2D eigenvalue weighted by atomic mass is 35.5. The zero-order valence-corrected chi connectivity index (χ0v) is 17.8. The maximum absolute atomic E-state index is 12.2. The number of halogens is 2. The molecular formula is C21H19Cl2N3O4. The van der Waals surface area contributed by atoms with Crippen molar-refractivity contribution in [2.45, 2.75) is 32.8 Å². The summed E-state index contributed by atoms with van der Waals surface area (Å²) >= 11 is 11.9. The predicted octanol–water partition coefficient (Wildman–Crippen LogP) is 4.85. The maximum atomic E-state index is 12.2. The molecule has 1 aromatic heterocycles. The van der Waals surface area contributed by atoms with Crippen LogP contribution in [0, 0.1) is 6.92 Å². The number of nitrogens with zero attached hydrogens (tertiary/aromatic N) is 2. The third kappa shape index (κ3) is 5.81. The minimum absolute atomic E-state index is 0.00886. The Kier molecular flexibility index (Phi) is 7.07. The van der Waals surface area contributed by atoms with Gasteiger partial charge < -0.3 is 14.6 Å². The molecule has 1 heterocycles. The molecule has 0 fully saturated rings. The molecule has 0 saturated carbocycles. The lowest BCUT2D eigenvalue weighted by Gasteiger charge is -2.14. The van der Waals surface area contributed by atoms with Gasteiger partial charge >= 0.3 is 5.97 Å². The number of anilines is 1. The van der Waals surface area contributed by atoms with E-state index in [0.29, 0.717) is 27.4 Å². The Bertz CT molecular complexity index is 1050. The van der Waals surface area contributed by atoms with E-state index in [1.54, 1.807) is 12.1 Å². The van der Waals surface area contributed by atoms with E-state index < -0.39 is 18.0 Å². The summed E-state index contributed by atoms with van der Waals surface area (Å²) < 4.78 is 10.3. The molecule has 0 radical (unpaired) electrons. The van der Waals surface area contributed by atoms with Gasteiger partial charge in [0.05, 0.1) is 17.1 Å². The lowest BCUT2D eigenvalue weighted by molar-refractivity contribution is -0.153. The molecule has 30 heavy (non-hydrogen) atoms. The number of nitrogens with one attached hydrogen (secondary N) is 1. The Labute approximate surface area is 183 Å². The number of hydrogen-bond acceptors (Lipinski definition) is 6. The van der Waals surface area contributed by atoms with Crippen molar-refractivity contribution in [3.63, 3.8) is 0 Å². The van der Waals surface area contributed by atoms with Crippen LogP contribution in [0.25, 0.3) is 11.4 Å². The third-order valence-electron chi connectivity index (χ3n) is 4.18. The van der Waals surface area contributed by atoms with Gasteiger partial charge in [0.25, 0.3) is 5.91 Å². The predicted molar refractivity (Wildman–Crippen MR) is 113 cm³/mol. The van der Waals surface area contributed by atoms with E-state index in [9.17, 15) is 9.59 Å². The van der Waals surface area contributed by atoms with E-state index in [4.69, 9.17) is 32.5 Å². The summed E-state index contributed by atoms with van der Waals surface area (Å²) in [6, 6.07) is 12.4. The van der Waals surface area contributed by atoms with Gasteiger partial charge in [-0.05, 0) is 32.0 Å². The molecule has 0 saturated heterocycles. The van der Waals surface area contributed by atoms with Gasteiger partial charge in [0.1, 0.15) is 0 Å². The van der Waals surface area contributed by atoms with Crippen LogP contribution in [0.1, 0.15) is 24.8 Å². The summed E-state index contributed by atoms with van der Waals surface area (Å²) in [5.41, 5.74) is 2.29. The first-order valence-electron chi connectivity index (χ1n) is 9.17. The summed E-state index contributed by atoms with van der Waals surface area (Å²) in [5.74, 6) is -0.327. The van der Waals surface area contributed by atoms with Crippen molar-refractivity contribution >= 4 is 40.8 Å². The smallest absolute Gasteiger partial charge is 0.307 e. The molecule has 1 atom stereocenters. The average Bonchev–Trinajstić information content (AvgIpc) is 3.18. The van der Waals surface area contributed by atoms with Crippen molar-refractivity contribution in [1.82, 2.24) is 10.1 Å². The molecule has 3 aromatic rings. The quantitative estimate of drug-likeness (QED) is 0.519. The Balaban J connectivity index is 1.50. The Hall–Kier alpha value is -2.90. The topological polar surface area (TPSA) is 94.3 Å². The number of ether oxygens (including phenoxy) is 1. The zero-order valence-electron chi connectivity index (χ0n) is 16.3. The number of aromatic nitrogens is 2. The van der Waals surface area contributed by atoms with Crippen LogP contribution in [0.5, 0.6) is 0 Å². The van der Waals surface area contributed by atoms with Crippen molar-refractivity contribution < 1.29 is 18.8 Å². The van der Waals surface area contributed by atoms with Crippen molar-refractivity contribution in [2.24, 2.45) is 0 Å². The van der Waals surface area contributed by atoms with Crippen LogP contribution in [-0.4, -0.2) is 28.1 Å². The SMILES string of the molecule is Cc1ccc(-c2noc(CCC(=O)OC(C)C(=O)Nc3cc(Cl)ccc3Cl)n2)cc1. The Morgan fingerprint density at radius 2 is 1.90 bits per heavy atom. The summed E-state index contributed by atoms with van der Waals surface area (Å²) in [6.07, 6.45) is -0.824. The Morgan fingerprint density at radius 1 is 1.17 bits per heavy atom. The molecule has 0 bridgehead atoms. The number of esters is 1. The molecule has 0 aliphatic heterocycles. The standard InChI is InChI=1S/C21H19Cl2N3O4/c1-12-3-5-14(6-4-12)20-25-18(30-26-20)9-10-19(27)29-13(2)21(28)24-17-11-15(22)7-8-16(17)23/h3-8,11,13H,9-10H2,1-2H3,(H,24,28). The molecule has 0 spiro atoms. The first-order chi connectivity index (χ1) is 14.3. The molecule has 156 valence electrons. The normalized spacial score (nSPS) is 11.7. The van der Waals surface area contributed by atoms with E-state index in [1.165, 1.54) is 13.0 Å². The van der Waals surface area contributed by atoms with E-state index in [1.807, 2.05) is 31.2 Å². The van der Waals surface area contributed by atoms with Crippen LogP contribution in [0.15, 0.2) is 47.0 Å². The molecule has 3 rings (SSSR count). The number of aryl methyl sites for hydroxylation is 2. The molecule has 1 amide bonds. The largest absolute Gasteiger partial charge is 0.453 e. The van der Waals surface area contributed by atoms with E-state index in [-0.39, 0.29) is 12.8 Å². The number of amides is 1. The highest BCUT2D eigenvalue weighted by molar-refractivity contribution is 6.35. The van der Waals surface area contributed by atoms with Gasteiger partial charge in [0, 0.05) is 17.0 Å². The number of benzene rings is 2. The first kappa shape index (κ1) is 21.8. The fraction of sp³-hybridized carbons (Fsp3) is 0.238. The van der Waals surface area contributed by atoms with Gasteiger partial charge in [0.2, 0.25) is 11.7 Å². The van der Waals surface area contributed by atoms with Crippen LogP contribution >= 0.6 is 23.2 Å². The molecule has 0 aliphatic carbocycles. The molecule has 0 aliphatic rings. The number of carbonyl (C=O) groups is 2. The molecule has 7 nitrogen and oxygen atoms in total. The van der Waals surface area contributed by atoms with Crippen LogP contribution < -0.4 is 5.32 Å². The molecule has 9 heteroatoms. The van der Waals surface area contributed by atoms with Crippen LogP contribution in [0.2, 0.25) is 10.0 Å². The fourth-order valence-corrected chi connectivity index (χ4v) is 2.86. The van der Waals surface area contributed by atoms with Crippen LogP contribution in [0.3, 0.4) is 0 Å². The van der Waals surface area contributed by atoms with Gasteiger partial charge in [0.15, 0.2) is 6.10 Å². The summed E-state index contributed by atoms with van der Waals surface area (Å²) in [5, 5.41) is 7.25. The van der Waals surface area contributed by atoms with E-state index in [0.717, 1.165) is 11.1 Å². The van der Waals surface area contributed by atoms with Crippen molar-refractivity contribution in [1.29, 1.82) is 0 Å². The number of carbonyl (C=O) groups excluding carboxylic acids is 2. The van der Waals surface area contributed by atoms with Crippen LogP contribution in [0.4, 0.5) is 5.69 Å². The summed E-state index contributed by atoms with van der Waals surface area (Å²) in [4.78, 5) is 28.6. The van der Waals surface area contributed by atoms with Crippen LogP contribution in [-0.2, 0) is 20.7 Å². The highest BCUT2D eigenvalue weighted by Gasteiger charge is 2.20. The second-order valence-corrected chi connectivity index (χ2v) is 7.47. The highest BCUT2D eigenvalue weighted by Crippen LogP contribution is 2.25. The van der Waals surface area contributed by atoms with Crippen molar-refractivity contribution in [2.75, 3.05) is 5.32 Å².